The molecule has 9 unspecified atom stereocenters. The van der Waals surface area contributed by atoms with Crippen molar-refractivity contribution in [3.8, 4) is 0 Å². The number of nitrogens with one attached hydrogen (secondary N) is 9. The van der Waals surface area contributed by atoms with Crippen molar-refractivity contribution in [2.24, 2.45) is 5.73 Å². The summed E-state index contributed by atoms with van der Waals surface area (Å²) in [5.41, 5.74) is 7.80. The van der Waals surface area contributed by atoms with Crippen molar-refractivity contribution in [3.63, 3.8) is 0 Å². The Morgan fingerprint density at radius 3 is 1.07 bits per heavy atom. The van der Waals surface area contributed by atoms with Crippen LogP contribution in [0, 0.1) is 0 Å². The minimum atomic E-state index is -1.10. The number of unbranched alkanes of at least 4 members (excludes halogenated alkanes) is 8. The maximum Gasteiger partial charge on any atom is 0.337 e. The Hall–Kier alpha value is -7.19. The van der Waals surface area contributed by atoms with E-state index < -0.39 is 23.9 Å². The molecule has 31 heteroatoms. The van der Waals surface area contributed by atoms with Crippen LogP contribution >= 0.6 is 35.3 Å². The first-order valence-electron chi connectivity index (χ1n) is 35.5. The summed E-state index contributed by atoms with van der Waals surface area (Å²) in [5.74, 6) is 0.103. The Morgan fingerprint density at radius 2 is 0.752 bits per heavy atom. The number of ether oxygens (including phenoxy) is 2. The highest BCUT2D eigenvalue weighted by molar-refractivity contribution is 8.00. The number of rotatable bonds is 45. The van der Waals surface area contributed by atoms with E-state index in [4.69, 9.17) is 20.7 Å². The molecule has 6 aliphatic rings. The van der Waals surface area contributed by atoms with Crippen LogP contribution in [0.4, 0.5) is 14.4 Å². The van der Waals surface area contributed by atoms with Crippen LogP contribution in [0.25, 0.3) is 0 Å². The zero-order valence-corrected chi connectivity index (χ0v) is 60.8. The normalized spacial score (nSPS) is 21.1. The molecule has 0 aliphatic carbocycles. The van der Waals surface area contributed by atoms with Crippen LogP contribution in [-0.4, -0.2) is 227 Å². The summed E-state index contributed by atoms with van der Waals surface area (Å²) < 4.78 is 9.36. The molecule has 2 aromatic rings. The van der Waals surface area contributed by atoms with Gasteiger partial charge in [0, 0.05) is 97.8 Å². The molecule has 560 valence electrons. The number of amides is 9. The fraction of sp³-hybridized carbons (Fsp3) is 0.657. The van der Waals surface area contributed by atoms with E-state index in [0.29, 0.717) is 110 Å². The number of hydrogen-bond donors (Lipinski definition) is 12. The number of carbonyl (C=O) groups excluding carboxylic acids is 10. The number of carboxylic acid groups (broad SMARTS) is 2. The van der Waals surface area contributed by atoms with Crippen LogP contribution in [0.15, 0.2) is 48.5 Å². The van der Waals surface area contributed by atoms with E-state index in [1.807, 2.05) is 52.3 Å². The second kappa shape index (κ2) is 45.7. The highest BCUT2D eigenvalue weighted by atomic mass is 32.2. The van der Waals surface area contributed by atoms with E-state index in [9.17, 15) is 57.5 Å². The van der Waals surface area contributed by atoms with Crippen molar-refractivity contribution < 1.29 is 77.2 Å². The number of urea groups is 3. The van der Waals surface area contributed by atoms with Crippen molar-refractivity contribution >= 4 is 107 Å². The second-order valence-electron chi connectivity index (χ2n) is 26.3. The molecule has 0 saturated carbocycles. The van der Waals surface area contributed by atoms with Crippen LogP contribution in [0.3, 0.4) is 0 Å². The van der Waals surface area contributed by atoms with E-state index >= 15 is 0 Å². The maximum absolute atomic E-state index is 13.1. The molecule has 0 radical (unpaired) electrons. The number of ketones is 2. The summed E-state index contributed by atoms with van der Waals surface area (Å²) >= 11 is 5.70. The highest BCUT2D eigenvalue weighted by Crippen LogP contribution is 2.35. The van der Waals surface area contributed by atoms with Gasteiger partial charge in [-0.2, -0.15) is 35.3 Å². The average molecular weight is 1470 g/mol. The number of methoxy groups -OCH3 is 2. The average Bonchev–Trinajstić information content (AvgIpc) is 1.69. The first-order valence-corrected chi connectivity index (χ1v) is 38.7. The molecule has 28 nitrogen and oxygen atoms in total. The number of carboxylic acids is 2. The molecule has 6 saturated heterocycles. The van der Waals surface area contributed by atoms with Gasteiger partial charge >= 0.3 is 42.0 Å². The van der Waals surface area contributed by atoms with Gasteiger partial charge in [-0.1, -0.05) is 56.4 Å². The highest BCUT2D eigenvalue weighted by Gasteiger charge is 2.45. The van der Waals surface area contributed by atoms with E-state index in [2.05, 4.69) is 52.6 Å². The lowest BCUT2D eigenvalue weighted by molar-refractivity contribution is -0.142. The smallest absolute Gasteiger partial charge is 0.337 e. The molecule has 9 amide bonds. The number of nitrogens with zero attached hydrogens (tertiary/aromatic N) is 2. The predicted octanol–water partition coefficient (Wildman–Crippen LogP) is 5.23. The Kier molecular flexibility index (Phi) is 37.5. The summed E-state index contributed by atoms with van der Waals surface area (Å²) in [6.07, 6.45) is 17.3. The molecule has 0 bridgehead atoms. The van der Waals surface area contributed by atoms with E-state index in [1.165, 1.54) is 19.1 Å². The minimum Gasteiger partial charge on any atom is -0.480 e. The maximum atomic E-state index is 13.1. The summed E-state index contributed by atoms with van der Waals surface area (Å²) in [6, 6.07) is 14.5. The molecule has 0 spiro atoms. The molecular weight excluding hydrogens is 1360 g/mol. The number of nitrogens with two attached hydrogens (primary N) is 1. The number of esters is 2. The number of thioether (sulfide) groups is 3. The molecule has 0 aromatic heterocycles. The largest absolute Gasteiger partial charge is 0.480 e. The van der Waals surface area contributed by atoms with Crippen LogP contribution in [0.1, 0.15) is 173 Å². The third kappa shape index (κ3) is 31.1. The third-order valence-electron chi connectivity index (χ3n) is 18.2. The zero-order chi connectivity index (χ0) is 72.9. The molecule has 8 rings (SSSR count). The Morgan fingerprint density at radius 1 is 0.436 bits per heavy atom. The van der Waals surface area contributed by atoms with Gasteiger partial charge in [0.1, 0.15) is 11.6 Å². The van der Waals surface area contributed by atoms with Gasteiger partial charge < -0.3 is 73.3 Å². The summed E-state index contributed by atoms with van der Waals surface area (Å²) in [5, 5.41) is 45.5. The van der Waals surface area contributed by atoms with Gasteiger partial charge in [0.15, 0.2) is 0 Å². The lowest BCUT2D eigenvalue weighted by atomic mass is 10.0. The number of aliphatic carboxylic acids is 2. The van der Waals surface area contributed by atoms with Gasteiger partial charge in [0.2, 0.25) is 17.7 Å². The second-order valence-corrected chi connectivity index (χ2v) is 30.1. The van der Waals surface area contributed by atoms with Crippen molar-refractivity contribution in [2.75, 3.05) is 83.8 Å². The van der Waals surface area contributed by atoms with E-state index in [1.54, 1.807) is 36.4 Å². The fourth-order valence-corrected chi connectivity index (χ4v) is 17.5. The Bertz CT molecular complexity index is 2930. The number of Topliss-reactive ketones (excluding diaryl/α,β-unsaturated/α-hetero) is 2. The van der Waals surface area contributed by atoms with Crippen molar-refractivity contribution in [1.82, 2.24) is 57.7 Å². The van der Waals surface area contributed by atoms with Crippen LogP contribution in [-0.2, 0) is 56.1 Å². The van der Waals surface area contributed by atoms with Crippen LogP contribution in [0.5, 0.6) is 0 Å². The monoisotopic (exact) mass is 1470 g/mol. The van der Waals surface area contributed by atoms with Gasteiger partial charge in [-0.25, -0.2) is 24.0 Å². The third-order valence-corrected chi connectivity index (χ3v) is 22.7. The van der Waals surface area contributed by atoms with E-state index in [0.717, 1.165) is 126 Å². The lowest BCUT2D eigenvalue weighted by Gasteiger charge is -2.21. The van der Waals surface area contributed by atoms with Crippen molar-refractivity contribution in [1.29, 1.82) is 0 Å². The zero-order valence-electron chi connectivity index (χ0n) is 58.4. The topological polar surface area (TPSA) is 405 Å². The van der Waals surface area contributed by atoms with Crippen LogP contribution in [0.2, 0.25) is 0 Å². The quantitative estimate of drug-likeness (QED) is 0.0229. The van der Waals surface area contributed by atoms with Crippen molar-refractivity contribution in [3.05, 3.63) is 70.8 Å². The van der Waals surface area contributed by atoms with Crippen molar-refractivity contribution in [2.45, 2.75) is 206 Å². The number of benzene rings is 2. The number of fused-ring (bicyclic) bond motifs is 3. The fourth-order valence-electron chi connectivity index (χ4n) is 12.9. The Balaban J connectivity index is 0.000000315. The van der Waals surface area contributed by atoms with Gasteiger partial charge in [-0.3, -0.25) is 43.4 Å². The predicted molar refractivity (Wildman–Crippen MR) is 388 cm³/mol. The Labute approximate surface area is 605 Å². The van der Waals surface area contributed by atoms with Crippen LogP contribution < -0.4 is 53.6 Å². The summed E-state index contributed by atoms with van der Waals surface area (Å²) in [6.45, 7) is 2.67. The summed E-state index contributed by atoms with van der Waals surface area (Å²) in [7, 11) is 2.61. The minimum absolute atomic E-state index is 0.0350. The van der Waals surface area contributed by atoms with Gasteiger partial charge in [-0.05, 0) is 119 Å². The molecular formula is C70H106N12O16S3. The number of hydrogen-bond acceptors (Lipinski definition) is 20. The molecule has 6 aliphatic heterocycles. The first-order chi connectivity index (χ1) is 48.7. The number of carbonyl (C=O) groups is 12. The first kappa shape index (κ1) is 82.8. The van der Waals surface area contributed by atoms with Gasteiger partial charge in [-0.15, -0.1) is 0 Å². The standard InChI is InChI=1S/C43H65N7O8S2.C14H26N4O2S.C13H15NO6/c1-58-41(55)30-20-18-29(19-21-30)24-50(25-31(51)12-4-2-10-22-44-37(53)16-8-6-14-35-39-33(27-59-35)46-42(56)48-39)26-32(52)13-5-3-11-23-45-38(54)17-9-7-15-36-40-34(28-60-36)47-43(57)49-40;15-7-3-4-8-16-12(19)6-2-1-5-11-13-10(9-21-11)17-14(20)18-13;1-20-13(19)10-4-2-9(3-5-10)6-14(7-11(15)16)8-12(17)18/h18-21,33-36,39-40H,2-17,22-28H2,1H3,(H,44,53)(H,45,54)(H2,46,48,56)(H2,47,49,57);10-11,13H,1-9,15H2,(H,16,19)(H2,17,18,20);2-5H,6-8H2,1H3,(H,15,16)(H,17,18). The molecule has 6 fully saturated rings. The molecule has 13 N–H and O–H groups in total. The molecule has 2 aromatic carbocycles. The lowest BCUT2D eigenvalue weighted by Crippen LogP contribution is -2.36. The van der Waals surface area contributed by atoms with Gasteiger partial charge in [0.25, 0.3) is 0 Å². The SMILES string of the molecule is COC(=O)c1ccc(CN(CC(=O)CCCCCNC(=O)CCCCC2SCC3NC(=O)NC32)CC(=O)CCCCCNC(=O)CCCCC2SCC3NC(=O)NC32)cc1.COC(=O)c1ccc(CN(CC(=O)O)CC(=O)O)cc1.NCCCCNC(=O)CCCCC1SCC2NC(=O)NC21. The summed E-state index contributed by atoms with van der Waals surface area (Å²) in [4.78, 5) is 145. The molecule has 9 atom stereocenters. The molecule has 101 heavy (non-hydrogen) atoms. The molecule has 6 heterocycles. The van der Waals surface area contributed by atoms with E-state index in [-0.39, 0.29) is 110 Å². The van der Waals surface area contributed by atoms with Gasteiger partial charge in [0.05, 0.1) is 87.8 Å².